The molecule has 1 aromatic rings. The number of rotatable bonds is 7. The van der Waals surface area contributed by atoms with Crippen LogP contribution in [0.3, 0.4) is 0 Å². The van der Waals surface area contributed by atoms with Crippen LogP contribution < -0.4 is 0 Å². The number of carbonyl (C=O) groups excluding carboxylic acids is 1. The largest absolute Gasteiger partial charge is 0.465 e. The van der Waals surface area contributed by atoms with E-state index in [9.17, 15) is 4.79 Å². The quantitative estimate of drug-likeness (QED) is 0.691. The van der Waals surface area contributed by atoms with Crippen molar-refractivity contribution in [3.8, 4) is 0 Å². The van der Waals surface area contributed by atoms with Crippen LogP contribution in [0.5, 0.6) is 0 Å². The number of imidazole rings is 1. The second-order valence-corrected chi connectivity index (χ2v) is 4.63. The minimum absolute atomic E-state index is 0.156. The van der Waals surface area contributed by atoms with Gasteiger partial charge in [-0.3, -0.25) is 9.69 Å². The Bertz CT molecular complexity index is 399. The molecule has 1 fully saturated rings. The zero-order valence-corrected chi connectivity index (χ0v) is 11.1. The second-order valence-electron chi connectivity index (χ2n) is 4.63. The molecule has 5 heteroatoms. The lowest BCUT2D eigenvalue weighted by atomic mass is 10.3. The maximum atomic E-state index is 11.5. The molecule has 100 valence electrons. The third-order valence-electron chi connectivity index (χ3n) is 3.18. The molecule has 0 amide bonds. The molecule has 18 heavy (non-hydrogen) atoms. The molecule has 5 nitrogen and oxygen atoms in total. The predicted molar refractivity (Wildman–Crippen MR) is 68.1 cm³/mol. The van der Waals surface area contributed by atoms with Gasteiger partial charge < -0.3 is 9.30 Å². The molecule has 0 radical (unpaired) electrons. The lowest BCUT2D eigenvalue weighted by molar-refractivity contribution is -0.144. The Morgan fingerprint density at radius 3 is 2.94 bits per heavy atom. The summed E-state index contributed by atoms with van der Waals surface area (Å²) in [5.41, 5.74) is 1.18. The standard InChI is InChI=1S/C13H21N3O2/c1-3-15(9-13(17)18-4-2)8-12-7-14-10-16(12)11-5-6-11/h7,10-11H,3-6,8-9H2,1-2H3. The summed E-state index contributed by atoms with van der Waals surface area (Å²) in [6.45, 7) is 6.25. The Labute approximate surface area is 108 Å². The van der Waals surface area contributed by atoms with E-state index in [1.165, 1.54) is 18.5 Å². The fourth-order valence-electron chi connectivity index (χ4n) is 2.03. The van der Waals surface area contributed by atoms with Crippen LogP contribution >= 0.6 is 0 Å². The number of aromatic nitrogens is 2. The first kappa shape index (κ1) is 13.1. The highest BCUT2D eigenvalue weighted by atomic mass is 16.5. The van der Waals surface area contributed by atoms with E-state index in [0.717, 1.165) is 13.1 Å². The molecule has 0 spiro atoms. The summed E-state index contributed by atoms with van der Waals surface area (Å²) >= 11 is 0. The summed E-state index contributed by atoms with van der Waals surface area (Å²) in [7, 11) is 0. The number of nitrogens with zero attached hydrogens (tertiary/aromatic N) is 3. The van der Waals surface area contributed by atoms with E-state index in [4.69, 9.17) is 4.74 Å². The molecular formula is C13H21N3O2. The van der Waals surface area contributed by atoms with Gasteiger partial charge in [0.25, 0.3) is 0 Å². The van der Waals surface area contributed by atoms with Crippen molar-refractivity contribution in [1.29, 1.82) is 0 Å². The number of likely N-dealkylation sites (N-methyl/N-ethyl adjacent to an activating group) is 1. The minimum atomic E-state index is -0.156. The molecule has 0 bridgehead atoms. The number of hydrogen-bond acceptors (Lipinski definition) is 4. The van der Waals surface area contributed by atoms with Crippen LogP contribution in [0, 0.1) is 0 Å². The van der Waals surface area contributed by atoms with Crippen LogP contribution in [-0.2, 0) is 16.1 Å². The van der Waals surface area contributed by atoms with Gasteiger partial charge in [0.2, 0.25) is 0 Å². The van der Waals surface area contributed by atoms with E-state index < -0.39 is 0 Å². The first-order valence-electron chi connectivity index (χ1n) is 6.63. The van der Waals surface area contributed by atoms with E-state index in [2.05, 4.69) is 21.4 Å². The number of esters is 1. The van der Waals surface area contributed by atoms with Gasteiger partial charge in [0.15, 0.2) is 0 Å². The van der Waals surface area contributed by atoms with Crippen molar-refractivity contribution in [3.05, 3.63) is 18.2 Å². The molecule has 1 aromatic heterocycles. The monoisotopic (exact) mass is 251 g/mol. The molecule has 1 saturated carbocycles. The zero-order valence-electron chi connectivity index (χ0n) is 11.1. The minimum Gasteiger partial charge on any atom is -0.465 e. The maximum Gasteiger partial charge on any atom is 0.320 e. The number of carbonyl (C=O) groups is 1. The van der Waals surface area contributed by atoms with E-state index in [0.29, 0.717) is 19.2 Å². The molecular weight excluding hydrogens is 230 g/mol. The molecule has 0 aromatic carbocycles. The molecule has 0 saturated heterocycles. The number of ether oxygens (including phenoxy) is 1. The average molecular weight is 251 g/mol. The van der Waals surface area contributed by atoms with Crippen molar-refractivity contribution >= 4 is 5.97 Å². The summed E-state index contributed by atoms with van der Waals surface area (Å²) in [6, 6.07) is 0.629. The lowest BCUT2D eigenvalue weighted by Gasteiger charge is -2.19. The van der Waals surface area contributed by atoms with Crippen LogP contribution in [-0.4, -0.2) is 40.1 Å². The van der Waals surface area contributed by atoms with E-state index in [1.807, 2.05) is 19.4 Å². The zero-order chi connectivity index (χ0) is 13.0. The summed E-state index contributed by atoms with van der Waals surface area (Å²) in [6.07, 6.45) is 6.28. The normalized spacial score (nSPS) is 15.1. The Balaban J connectivity index is 1.92. The highest BCUT2D eigenvalue weighted by Crippen LogP contribution is 2.35. The molecule has 1 heterocycles. The lowest BCUT2D eigenvalue weighted by Crippen LogP contribution is -2.31. The highest BCUT2D eigenvalue weighted by molar-refractivity contribution is 5.71. The third-order valence-corrected chi connectivity index (χ3v) is 3.18. The van der Waals surface area contributed by atoms with Gasteiger partial charge in [-0.15, -0.1) is 0 Å². The first-order chi connectivity index (χ1) is 8.74. The summed E-state index contributed by atoms with van der Waals surface area (Å²) in [5, 5.41) is 0. The fraction of sp³-hybridized carbons (Fsp3) is 0.692. The fourth-order valence-corrected chi connectivity index (χ4v) is 2.03. The van der Waals surface area contributed by atoms with Crippen molar-refractivity contribution in [3.63, 3.8) is 0 Å². The molecule has 1 aliphatic rings. The molecule has 0 aliphatic heterocycles. The molecule has 2 rings (SSSR count). The van der Waals surface area contributed by atoms with Crippen LogP contribution in [0.25, 0.3) is 0 Å². The van der Waals surface area contributed by atoms with Crippen molar-refractivity contribution in [2.75, 3.05) is 19.7 Å². The van der Waals surface area contributed by atoms with Crippen LogP contribution in [0.15, 0.2) is 12.5 Å². The highest BCUT2D eigenvalue weighted by Gasteiger charge is 2.25. The Kier molecular flexibility index (Phi) is 4.36. The van der Waals surface area contributed by atoms with Gasteiger partial charge in [-0.2, -0.15) is 0 Å². The first-order valence-corrected chi connectivity index (χ1v) is 6.63. The number of hydrogen-bond donors (Lipinski definition) is 0. The second kappa shape index (κ2) is 6.00. The molecule has 0 N–H and O–H groups in total. The van der Waals surface area contributed by atoms with Gasteiger partial charge in [0.05, 0.1) is 25.2 Å². The topological polar surface area (TPSA) is 47.4 Å². The van der Waals surface area contributed by atoms with Crippen LogP contribution in [0.1, 0.15) is 38.4 Å². The van der Waals surface area contributed by atoms with E-state index >= 15 is 0 Å². The maximum absolute atomic E-state index is 11.5. The Morgan fingerprint density at radius 1 is 1.56 bits per heavy atom. The van der Waals surface area contributed by atoms with Gasteiger partial charge in [-0.25, -0.2) is 4.98 Å². The summed E-state index contributed by atoms with van der Waals surface area (Å²) in [4.78, 5) is 17.8. The van der Waals surface area contributed by atoms with E-state index in [-0.39, 0.29) is 5.97 Å². The van der Waals surface area contributed by atoms with Crippen LogP contribution in [0.2, 0.25) is 0 Å². The Hall–Kier alpha value is -1.36. The average Bonchev–Trinajstić information content (AvgIpc) is 3.09. The third kappa shape index (κ3) is 3.32. The SMILES string of the molecule is CCOC(=O)CN(CC)Cc1cncn1C1CC1. The summed E-state index contributed by atoms with van der Waals surface area (Å²) in [5.74, 6) is -0.156. The molecule has 0 unspecified atom stereocenters. The Morgan fingerprint density at radius 2 is 2.33 bits per heavy atom. The van der Waals surface area contributed by atoms with Gasteiger partial charge in [-0.1, -0.05) is 6.92 Å². The van der Waals surface area contributed by atoms with Gasteiger partial charge in [0.1, 0.15) is 0 Å². The smallest absolute Gasteiger partial charge is 0.320 e. The summed E-state index contributed by atoms with van der Waals surface area (Å²) < 4.78 is 7.21. The van der Waals surface area contributed by atoms with Crippen molar-refractivity contribution in [2.24, 2.45) is 0 Å². The van der Waals surface area contributed by atoms with Crippen LogP contribution in [0.4, 0.5) is 0 Å². The molecule has 0 atom stereocenters. The van der Waals surface area contributed by atoms with Crippen molar-refractivity contribution in [1.82, 2.24) is 14.5 Å². The van der Waals surface area contributed by atoms with E-state index in [1.54, 1.807) is 0 Å². The predicted octanol–water partition coefficient (Wildman–Crippen LogP) is 1.60. The van der Waals surface area contributed by atoms with Gasteiger partial charge in [-0.05, 0) is 26.3 Å². The van der Waals surface area contributed by atoms with Gasteiger partial charge >= 0.3 is 5.97 Å². The van der Waals surface area contributed by atoms with Crippen molar-refractivity contribution in [2.45, 2.75) is 39.3 Å². The van der Waals surface area contributed by atoms with Gasteiger partial charge in [0, 0.05) is 18.8 Å². The molecule has 1 aliphatic carbocycles. The van der Waals surface area contributed by atoms with Crippen molar-refractivity contribution < 1.29 is 9.53 Å².